The van der Waals surface area contributed by atoms with Crippen molar-refractivity contribution in [2.75, 3.05) is 10.6 Å². The fraction of sp³-hybridized carbons (Fsp3) is 0.0909. The lowest BCUT2D eigenvalue weighted by Gasteiger charge is -2.15. The van der Waals surface area contributed by atoms with Gasteiger partial charge in [0.1, 0.15) is 5.75 Å². The molecule has 2 N–H and O–H groups in total. The van der Waals surface area contributed by atoms with Crippen molar-refractivity contribution >= 4 is 34.8 Å². The first-order valence-electron chi connectivity index (χ1n) is 8.71. The third kappa shape index (κ3) is 5.11. The molecule has 142 valence electrons. The summed E-state index contributed by atoms with van der Waals surface area (Å²) in [6.07, 6.45) is -0.692. The Bertz CT molecular complexity index is 959. The number of hydrogen-bond acceptors (Lipinski definition) is 3. The Morgan fingerprint density at radius 2 is 1.50 bits per heavy atom. The van der Waals surface area contributed by atoms with Crippen LogP contribution in [0.3, 0.4) is 0 Å². The smallest absolute Gasteiger partial charge is 0.265 e. The van der Waals surface area contributed by atoms with E-state index in [0.717, 1.165) is 0 Å². The van der Waals surface area contributed by atoms with Gasteiger partial charge in [0.05, 0.1) is 10.7 Å². The lowest BCUT2D eigenvalue weighted by atomic mass is 10.2. The van der Waals surface area contributed by atoms with Gasteiger partial charge in [0.25, 0.3) is 11.8 Å². The molecule has 0 bridgehead atoms. The highest BCUT2D eigenvalue weighted by Gasteiger charge is 2.15. The predicted octanol–water partition coefficient (Wildman–Crippen LogP) is 5.00. The molecular weight excluding hydrogens is 376 g/mol. The lowest BCUT2D eigenvalue weighted by molar-refractivity contribution is -0.122. The van der Waals surface area contributed by atoms with Gasteiger partial charge in [-0.15, -0.1) is 0 Å². The van der Waals surface area contributed by atoms with Crippen molar-refractivity contribution in [3.05, 3.63) is 89.4 Å². The Balaban J connectivity index is 1.58. The Morgan fingerprint density at radius 3 is 2.18 bits per heavy atom. The monoisotopic (exact) mass is 394 g/mol. The van der Waals surface area contributed by atoms with Gasteiger partial charge in [0.2, 0.25) is 0 Å². The molecule has 0 aliphatic carbocycles. The maximum atomic E-state index is 12.3. The average molecular weight is 395 g/mol. The quantitative estimate of drug-likeness (QED) is 0.618. The van der Waals surface area contributed by atoms with Crippen LogP contribution in [0.15, 0.2) is 78.9 Å². The Morgan fingerprint density at radius 1 is 0.857 bits per heavy atom. The van der Waals surface area contributed by atoms with Crippen LogP contribution in [-0.4, -0.2) is 17.9 Å². The number of anilines is 2. The molecule has 0 unspecified atom stereocenters. The summed E-state index contributed by atoms with van der Waals surface area (Å²) >= 11 is 6.05. The molecule has 3 aromatic rings. The van der Waals surface area contributed by atoms with Crippen LogP contribution in [0.5, 0.6) is 5.75 Å². The Labute approximate surface area is 168 Å². The highest BCUT2D eigenvalue weighted by molar-refractivity contribution is 6.33. The summed E-state index contributed by atoms with van der Waals surface area (Å²) in [7, 11) is 0. The predicted molar refractivity (Wildman–Crippen MR) is 111 cm³/mol. The maximum Gasteiger partial charge on any atom is 0.265 e. The lowest BCUT2D eigenvalue weighted by Crippen LogP contribution is -2.30. The number of para-hydroxylation sites is 2. The number of nitrogens with one attached hydrogen (secondary N) is 2. The molecule has 0 heterocycles. The first-order chi connectivity index (χ1) is 13.5. The van der Waals surface area contributed by atoms with Crippen molar-refractivity contribution in [3.8, 4) is 5.75 Å². The van der Waals surface area contributed by atoms with Crippen molar-refractivity contribution in [1.29, 1.82) is 0 Å². The fourth-order valence-corrected chi connectivity index (χ4v) is 2.65. The number of carbonyl (C=O) groups excluding carboxylic acids is 2. The summed E-state index contributed by atoms with van der Waals surface area (Å²) in [4.78, 5) is 24.6. The molecule has 0 aliphatic heterocycles. The summed E-state index contributed by atoms with van der Waals surface area (Å²) in [5.74, 6) is -0.0498. The minimum absolute atomic E-state index is 0.258. The van der Waals surface area contributed by atoms with Gasteiger partial charge in [0.15, 0.2) is 6.10 Å². The van der Waals surface area contributed by atoms with Gasteiger partial charge in [-0.1, -0.05) is 41.9 Å². The normalized spacial score (nSPS) is 11.4. The zero-order chi connectivity index (χ0) is 19.9. The molecule has 0 saturated carbocycles. The van der Waals surface area contributed by atoms with Crippen molar-refractivity contribution in [3.63, 3.8) is 0 Å². The maximum absolute atomic E-state index is 12.3. The highest BCUT2D eigenvalue weighted by atomic mass is 35.5. The van der Waals surface area contributed by atoms with Crippen LogP contribution in [0.2, 0.25) is 5.02 Å². The Hall–Kier alpha value is -3.31. The SMILES string of the molecule is C[C@@H](Oc1ccc(C(=O)Nc2ccccc2Cl)cc1)C(=O)Nc1ccccc1. The van der Waals surface area contributed by atoms with E-state index in [1.807, 2.05) is 18.2 Å². The molecule has 0 fully saturated rings. The number of rotatable bonds is 6. The van der Waals surface area contributed by atoms with Crippen LogP contribution in [0.25, 0.3) is 0 Å². The number of ether oxygens (including phenoxy) is 1. The molecular formula is C22H19ClN2O3. The van der Waals surface area contributed by atoms with Gasteiger partial charge in [0, 0.05) is 11.3 Å². The molecule has 0 aromatic heterocycles. The zero-order valence-electron chi connectivity index (χ0n) is 15.2. The van der Waals surface area contributed by atoms with E-state index in [9.17, 15) is 9.59 Å². The van der Waals surface area contributed by atoms with E-state index in [0.29, 0.717) is 27.7 Å². The molecule has 6 heteroatoms. The van der Waals surface area contributed by atoms with Crippen molar-refractivity contribution in [2.24, 2.45) is 0 Å². The molecule has 0 spiro atoms. The van der Waals surface area contributed by atoms with E-state index in [2.05, 4.69) is 10.6 Å². The topological polar surface area (TPSA) is 67.4 Å². The number of carbonyl (C=O) groups is 2. The van der Waals surface area contributed by atoms with Gasteiger partial charge in [-0.05, 0) is 55.5 Å². The van der Waals surface area contributed by atoms with Crippen LogP contribution in [-0.2, 0) is 4.79 Å². The van der Waals surface area contributed by atoms with Crippen LogP contribution < -0.4 is 15.4 Å². The second-order valence-electron chi connectivity index (χ2n) is 6.07. The standard InChI is InChI=1S/C22H19ClN2O3/c1-15(21(26)24-17-7-3-2-4-8-17)28-18-13-11-16(12-14-18)22(27)25-20-10-6-5-9-19(20)23/h2-15H,1H3,(H,24,26)(H,25,27)/t15-/m1/s1. The van der Waals surface area contributed by atoms with Crippen LogP contribution in [0, 0.1) is 0 Å². The number of halogens is 1. The van der Waals surface area contributed by atoms with Gasteiger partial charge in [-0.25, -0.2) is 0 Å². The summed E-state index contributed by atoms with van der Waals surface area (Å²) < 4.78 is 5.66. The van der Waals surface area contributed by atoms with Crippen molar-refractivity contribution in [1.82, 2.24) is 0 Å². The van der Waals surface area contributed by atoms with E-state index in [4.69, 9.17) is 16.3 Å². The minimum Gasteiger partial charge on any atom is -0.481 e. The Kier molecular flexibility index (Phi) is 6.29. The minimum atomic E-state index is -0.692. The first-order valence-corrected chi connectivity index (χ1v) is 9.09. The highest BCUT2D eigenvalue weighted by Crippen LogP contribution is 2.22. The first kappa shape index (κ1) is 19.5. The van der Waals surface area contributed by atoms with Gasteiger partial charge in [-0.2, -0.15) is 0 Å². The van der Waals surface area contributed by atoms with E-state index < -0.39 is 6.10 Å². The number of hydrogen-bond donors (Lipinski definition) is 2. The number of amides is 2. The van der Waals surface area contributed by atoms with Crippen LogP contribution in [0.4, 0.5) is 11.4 Å². The molecule has 0 saturated heterocycles. The number of benzene rings is 3. The molecule has 2 amide bonds. The average Bonchev–Trinajstić information content (AvgIpc) is 2.71. The summed E-state index contributed by atoms with van der Waals surface area (Å²) in [6.45, 7) is 1.66. The van der Waals surface area contributed by atoms with E-state index in [1.54, 1.807) is 67.6 Å². The molecule has 0 aliphatic rings. The van der Waals surface area contributed by atoms with E-state index >= 15 is 0 Å². The zero-order valence-corrected chi connectivity index (χ0v) is 15.9. The van der Waals surface area contributed by atoms with Gasteiger partial charge in [-0.3, -0.25) is 9.59 Å². The van der Waals surface area contributed by atoms with Crippen molar-refractivity contribution in [2.45, 2.75) is 13.0 Å². The third-order valence-electron chi connectivity index (χ3n) is 3.96. The summed E-state index contributed by atoms with van der Waals surface area (Å²) in [5.41, 5.74) is 1.70. The summed E-state index contributed by atoms with van der Waals surface area (Å²) in [5, 5.41) is 6.01. The van der Waals surface area contributed by atoms with Gasteiger partial charge < -0.3 is 15.4 Å². The molecule has 5 nitrogen and oxygen atoms in total. The second kappa shape index (κ2) is 9.06. The largest absolute Gasteiger partial charge is 0.481 e. The van der Waals surface area contributed by atoms with E-state index in [1.165, 1.54) is 0 Å². The third-order valence-corrected chi connectivity index (χ3v) is 4.29. The van der Waals surface area contributed by atoms with Gasteiger partial charge >= 0.3 is 0 Å². The summed E-state index contributed by atoms with van der Waals surface area (Å²) in [6, 6.07) is 22.7. The van der Waals surface area contributed by atoms with Crippen LogP contribution >= 0.6 is 11.6 Å². The van der Waals surface area contributed by atoms with Crippen LogP contribution in [0.1, 0.15) is 17.3 Å². The molecule has 3 rings (SSSR count). The molecule has 1 atom stereocenters. The molecule has 3 aromatic carbocycles. The fourth-order valence-electron chi connectivity index (χ4n) is 2.46. The van der Waals surface area contributed by atoms with Crippen molar-refractivity contribution < 1.29 is 14.3 Å². The van der Waals surface area contributed by atoms with E-state index in [-0.39, 0.29) is 11.8 Å². The molecule has 28 heavy (non-hydrogen) atoms. The molecule has 0 radical (unpaired) electrons. The second-order valence-corrected chi connectivity index (χ2v) is 6.48.